The molecule has 0 radical (unpaired) electrons. The minimum atomic E-state index is 0. The number of halogens is 1. The van der Waals surface area contributed by atoms with E-state index in [1.165, 1.54) is 0 Å². The molecule has 1 amide bonds. The second-order valence-electron chi connectivity index (χ2n) is 6.29. The van der Waals surface area contributed by atoms with E-state index in [-0.39, 0.29) is 30.3 Å². The molecule has 7 heteroatoms. The van der Waals surface area contributed by atoms with Gasteiger partial charge >= 0.3 is 0 Å². The van der Waals surface area contributed by atoms with Gasteiger partial charge in [0.2, 0.25) is 5.91 Å². The van der Waals surface area contributed by atoms with E-state index in [1.54, 1.807) is 11.8 Å². The van der Waals surface area contributed by atoms with Crippen LogP contribution in [0.3, 0.4) is 0 Å². The molecule has 3 N–H and O–H groups in total. The third-order valence-corrected chi connectivity index (χ3v) is 4.51. The van der Waals surface area contributed by atoms with Gasteiger partial charge in [-0.1, -0.05) is 6.42 Å². The van der Waals surface area contributed by atoms with Gasteiger partial charge in [0.1, 0.15) is 5.75 Å². The lowest BCUT2D eigenvalue weighted by atomic mass is 9.85. The summed E-state index contributed by atoms with van der Waals surface area (Å²) in [4.78, 5) is 12.2. The van der Waals surface area contributed by atoms with Crippen molar-refractivity contribution >= 4 is 18.3 Å². The molecule has 0 spiro atoms. The van der Waals surface area contributed by atoms with Crippen molar-refractivity contribution in [3.05, 3.63) is 42.2 Å². The van der Waals surface area contributed by atoms with Crippen LogP contribution >= 0.6 is 12.4 Å². The van der Waals surface area contributed by atoms with E-state index in [2.05, 4.69) is 10.4 Å². The lowest BCUT2D eigenvalue weighted by Gasteiger charge is -2.25. The first kappa shape index (κ1) is 19.3. The van der Waals surface area contributed by atoms with Gasteiger partial charge in [0.25, 0.3) is 0 Å². The molecule has 25 heavy (non-hydrogen) atoms. The minimum Gasteiger partial charge on any atom is -0.497 e. The number of nitrogens with one attached hydrogen (secondary N) is 1. The fourth-order valence-corrected chi connectivity index (χ4v) is 3.12. The number of carbonyl (C=O) groups is 1. The molecule has 2 unspecified atom stereocenters. The second-order valence-corrected chi connectivity index (χ2v) is 6.29. The third-order valence-electron chi connectivity index (χ3n) is 4.51. The van der Waals surface area contributed by atoms with Crippen molar-refractivity contribution in [2.24, 2.45) is 11.7 Å². The number of hydrogen-bond donors (Lipinski definition) is 2. The number of nitrogens with two attached hydrogens (primary N) is 1. The number of hydrogen-bond acceptors (Lipinski definition) is 4. The fraction of sp³-hybridized carbons (Fsp3) is 0.444. The first-order valence-electron chi connectivity index (χ1n) is 8.38. The second kappa shape index (κ2) is 8.87. The Balaban J connectivity index is 0.00000225. The number of ether oxygens (including phenoxy) is 1. The van der Waals surface area contributed by atoms with E-state index in [9.17, 15) is 4.79 Å². The molecule has 1 aliphatic carbocycles. The lowest BCUT2D eigenvalue weighted by molar-refractivity contribution is -0.126. The normalized spacial score (nSPS) is 19.8. The molecule has 2 aromatic rings. The maximum Gasteiger partial charge on any atom is 0.223 e. The van der Waals surface area contributed by atoms with E-state index in [0.717, 1.165) is 42.8 Å². The number of benzene rings is 1. The molecular weight excluding hydrogens is 340 g/mol. The van der Waals surface area contributed by atoms with Crippen LogP contribution in [0.15, 0.2) is 36.5 Å². The number of carbonyl (C=O) groups excluding carboxylic acids is 1. The molecule has 0 saturated heterocycles. The molecular formula is C18H25ClN4O2. The van der Waals surface area contributed by atoms with Gasteiger partial charge in [0.05, 0.1) is 25.0 Å². The summed E-state index contributed by atoms with van der Waals surface area (Å²) in [5.74, 6) is 0.936. The Morgan fingerprint density at radius 1 is 1.32 bits per heavy atom. The lowest BCUT2D eigenvalue weighted by Crippen LogP contribution is -2.37. The number of rotatable bonds is 5. The highest BCUT2D eigenvalue weighted by molar-refractivity contribution is 5.85. The van der Waals surface area contributed by atoms with E-state index >= 15 is 0 Å². The Labute approximate surface area is 154 Å². The zero-order valence-electron chi connectivity index (χ0n) is 14.4. The summed E-state index contributed by atoms with van der Waals surface area (Å²) in [6.45, 7) is 0.438. The van der Waals surface area contributed by atoms with Gasteiger partial charge < -0.3 is 15.8 Å². The van der Waals surface area contributed by atoms with Crippen LogP contribution in [-0.2, 0) is 11.3 Å². The first-order chi connectivity index (χ1) is 11.7. The van der Waals surface area contributed by atoms with Gasteiger partial charge in [-0.05, 0) is 49.6 Å². The molecule has 6 nitrogen and oxygen atoms in total. The van der Waals surface area contributed by atoms with Crippen molar-refractivity contribution in [1.29, 1.82) is 0 Å². The molecule has 136 valence electrons. The summed E-state index contributed by atoms with van der Waals surface area (Å²) in [7, 11) is 1.64. The van der Waals surface area contributed by atoms with Crippen LogP contribution in [-0.4, -0.2) is 28.8 Å². The molecule has 1 heterocycles. The average molecular weight is 365 g/mol. The van der Waals surface area contributed by atoms with Crippen LogP contribution in [0.4, 0.5) is 0 Å². The van der Waals surface area contributed by atoms with Gasteiger partial charge in [0.15, 0.2) is 0 Å². The zero-order valence-corrected chi connectivity index (χ0v) is 15.2. The smallest absolute Gasteiger partial charge is 0.223 e. The molecule has 1 aromatic heterocycles. The van der Waals surface area contributed by atoms with Gasteiger partial charge in [-0.15, -0.1) is 12.4 Å². The molecule has 1 fully saturated rings. The number of methoxy groups -OCH3 is 1. The predicted octanol–water partition coefficient (Wildman–Crippen LogP) is 2.44. The van der Waals surface area contributed by atoms with E-state index in [0.29, 0.717) is 6.54 Å². The maximum absolute atomic E-state index is 12.2. The van der Waals surface area contributed by atoms with Crippen LogP contribution in [0.25, 0.3) is 5.69 Å². The van der Waals surface area contributed by atoms with Crippen LogP contribution in [0, 0.1) is 5.92 Å². The zero-order chi connectivity index (χ0) is 16.9. The monoisotopic (exact) mass is 364 g/mol. The summed E-state index contributed by atoms with van der Waals surface area (Å²) in [5.41, 5.74) is 7.74. The topological polar surface area (TPSA) is 82.2 Å². The number of amides is 1. The van der Waals surface area contributed by atoms with Crippen molar-refractivity contribution in [3.63, 3.8) is 0 Å². The number of nitrogens with zero attached hydrogens (tertiary/aromatic N) is 2. The highest BCUT2D eigenvalue weighted by Gasteiger charge is 2.25. The Kier molecular flexibility index (Phi) is 6.84. The molecule has 1 aliphatic rings. The third kappa shape index (κ3) is 4.96. The molecule has 0 aliphatic heterocycles. The Bertz CT molecular complexity index is 687. The largest absolute Gasteiger partial charge is 0.497 e. The van der Waals surface area contributed by atoms with Crippen LogP contribution in [0.5, 0.6) is 5.75 Å². The quantitative estimate of drug-likeness (QED) is 0.853. The highest BCUT2D eigenvalue weighted by atomic mass is 35.5. The van der Waals surface area contributed by atoms with Crippen molar-refractivity contribution in [2.75, 3.05) is 7.11 Å². The summed E-state index contributed by atoms with van der Waals surface area (Å²) < 4.78 is 6.94. The SMILES string of the molecule is COc1ccc(-n2ccc(CNC(=O)C3CCCC(N)C3)n2)cc1.Cl. The molecule has 3 rings (SSSR count). The van der Waals surface area contributed by atoms with Crippen molar-refractivity contribution in [2.45, 2.75) is 38.3 Å². The fourth-order valence-electron chi connectivity index (χ4n) is 3.12. The highest BCUT2D eigenvalue weighted by Crippen LogP contribution is 2.23. The number of aromatic nitrogens is 2. The Morgan fingerprint density at radius 3 is 2.76 bits per heavy atom. The maximum atomic E-state index is 12.2. The standard InChI is InChI=1S/C18H24N4O2.ClH/c1-24-17-7-5-16(6-8-17)22-10-9-15(21-22)12-20-18(23)13-3-2-4-14(19)11-13;/h5-10,13-14H,2-4,11-12,19H2,1H3,(H,20,23);1H. The van der Waals surface area contributed by atoms with Crippen molar-refractivity contribution in [1.82, 2.24) is 15.1 Å². The summed E-state index contributed by atoms with van der Waals surface area (Å²) >= 11 is 0. The van der Waals surface area contributed by atoms with Crippen LogP contribution in [0.2, 0.25) is 0 Å². The van der Waals surface area contributed by atoms with Gasteiger partial charge in [-0.3, -0.25) is 4.79 Å². The van der Waals surface area contributed by atoms with Gasteiger partial charge in [-0.2, -0.15) is 5.10 Å². The molecule has 1 saturated carbocycles. The molecule has 0 bridgehead atoms. The van der Waals surface area contributed by atoms with Crippen molar-refractivity contribution in [3.8, 4) is 11.4 Å². The average Bonchev–Trinajstić information content (AvgIpc) is 3.09. The van der Waals surface area contributed by atoms with Gasteiger partial charge in [-0.25, -0.2) is 4.68 Å². The molecule has 2 atom stereocenters. The summed E-state index contributed by atoms with van der Waals surface area (Å²) in [6.07, 6.45) is 5.66. The Hall–Kier alpha value is -2.05. The van der Waals surface area contributed by atoms with E-state index in [4.69, 9.17) is 10.5 Å². The molecule has 1 aromatic carbocycles. The predicted molar refractivity (Wildman–Crippen MR) is 99.1 cm³/mol. The minimum absolute atomic E-state index is 0. The first-order valence-corrected chi connectivity index (χ1v) is 8.38. The Morgan fingerprint density at radius 2 is 2.08 bits per heavy atom. The summed E-state index contributed by atoms with van der Waals surface area (Å²) in [6, 6.07) is 9.74. The van der Waals surface area contributed by atoms with E-state index < -0.39 is 0 Å². The van der Waals surface area contributed by atoms with Crippen LogP contribution < -0.4 is 15.8 Å². The summed E-state index contributed by atoms with van der Waals surface area (Å²) in [5, 5.41) is 7.49. The van der Waals surface area contributed by atoms with Crippen molar-refractivity contribution < 1.29 is 9.53 Å². The van der Waals surface area contributed by atoms with Crippen LogP contribution in [0.1, 0.15) is 31.4 Å². The van der Waals surface area contributed by atoms with E-state index in [1.807, 2.05) is 36.5 Å². The van der Waals surface area contributed by atoms with Gasteiger partial charge in [0, 0.05) is 18.2 Å².